The number of hydrogen-bond donors (Lipinski definition) is 0. The minimum Gasteiger partial charge on any atom is -0.465 e. The van der Waals surface area contributed by atoms with Crippen LogP contribution in [0.5, 0.6) is 0 Å². The van der Waals surface area contributed by atoms with E-state index >= 15 is 0 Å². The number of carbonyl (C=O) groups is 2. The van der Waals surface area contributed by atoms with Gasteiger partial charge < -0.3 is 9.47 Å². The standard InChI is InChI=1S/C25H46O4/c1-19(2)14-25(15-20-12-10-9-11-13-20,22(27)29-18-24(6,7)8)16-21(26)28-17-23(3,4)5/h19-20H,9-18H2,1-8H3. The van der Waals surface area contributed by atoms with E-state index in [1.54, 1.807) is 0 Å². The number of carbonyl (C=O) groups excluding carboxylic acids is 2. The van der Waals surface area contributed by atoms with E-state index in [9.17, 15) is 9.59 Å². The molecular weight excluding hydrogens is 364 g/mol. The van der Waals surface area contributed by atoms with Gasteiger partial charge >= 0.3 is 11.9 Å². The summed E-state index contributed by atoms with van der Waals surface area (Å²) >= 11 is 0. The SMILES string of the molecule is CC(C)CC(CC(=O)OCC(C)(C)C)(CC1CCCCC1)C(=O)OCC(C)(C)C. The fourth-order valence-electron chi connectivity index (χ4n) is 4.25. The summed E-state index contributed by atoms with van der Waals surface area (Å²) in [5, 5.41) is 0. The maximum absolute atomic E-state index is 13.4. The lowest BCUT2D eigenvalue weighted by atomic mass is 9.68. The lowest BCUT2D eigenvalue weighted by molar-refractivity contribution is -0.168. The molecule has 1 unspecified atom stereocenters. The summed E-state index contributed by atoms with van der Waals surface area (Å²) in [5.41, 5.74) is -0.973. The fourth-order valence-corrected chi connectivity index (χ4v) is 4.25. The van der Waals surface area contributed by atoms with E-state index in [-0.39, 0.29) is 29.2 Å². The third-order valence-corrected chi connectivity index (χ3v) is 5.42. The van der Waals surface area contributed by atoms with Crippen molar-refractivity contribution in [1.82, 2.24) is 0 Å². The molecule has 0 bridgehead atoms. The molecule has 0 aromatic heterocycles. The highest BCUT2D eigenvalue weighted by Crippen LogP contribution is 2.43. The van der Waals surface area contributed by atoms with Crippen LogP contribution in [-0.2, 0) is 19.1 Å². The molecule has 1 atom stereocenters. The van der Waals surface area contributed by atoms with Gasteiger partial charge in [-0.25, -0.2) is 0 Å². The van der Waals surface area contributed by atoms with Gasteiger partial charge in [0.05, 0.1) is 25.0 Å². The van der Waals surface area contributed by atoms with E-state index in [1.807, 2.05) is 20.8 Å². The van der Waals surface area contributed by atoms with Gasteiger partial charge in [0.25, 0.3) is 0 Å². The zero-order valence-corrected chi connectivity index (χ0v) is 20.4. The van der Waals surface area contributed by atoms with Gasteiger partial charge in [-0.15, -0.1) is 0 Å². The lowest BCUT2D eigenvalue weighted by Gasteiger charge is -2.37. The molecule has 0 aromatic rings. The second-order valence-electron chi connectivity index (χ2n) is 12.1. The summed E-state index contributed by atoms with van der Waals surface area (Å²) in [5.74, 6) is 0.305. The van der Waals surface area contributed by atoms with Gasteiger partial charge in [-0.3, -0.25) is 9.59 Å². The molecule has 0 amide bonds. The first-order valence-corrected chi connectivity index (χ1v) is 11.6. The van der Waals surface area contributed by atoms with Crippen LogP contribution in [0, 0.1) is 28.1 Å². The van der Waals surface area contributed by atoms with Gasteiger partial charge in [-0.05, 0) is 35.5 Å². The van der Waals surface area contributed by atoms with Crippen molar-refractivity contribution in [1.29, 1.82) is 0 Å². The van der Waals surface area contributed by atoms with Crippen molar-refractivity contribution in [2.75, 3.05) is 13.2 Å². The third kappa shape index (κ3) is 10.5. The summed E-state index contributed by atoms with van der Waals surface area (Å²) in [7, 11) is 0. The van der Waals surface area contributed by atoms with E-state index in [0.29, 0.717) is 31.5 Å². The Morgan fingerprint density at radius 3 is 1.86 bits per heavy atom. The first-order valence-electron chi connectivity index (χ1n) is 11.6. The Kier molecular flexibility index (Phi) is 9.69. The Bertz CT molecular complexity index is 518. The highest BCUT2D eigenvalue weighted by atomic mass is 16.5. The summed E-state index contributed by atoms with van der Waals surface area (Å²) in [6.07, 6.45) is 7.51. The molecule has 4 heteroatoms. The molecule has 1 aliphatic rings. The fraction of sp³-hybridized carbons (Fsp3) is 0.920. The van der Waals surface area contributed by atoms with Crippen LogP contribution in [0.3, 0.4) is 0 Å². The van der Waals surface area contributed by atoms with Crippen LogP contribution < -0.4 is 0 Å². The van der Waals surface area contributed by atoms with Crippen LogP contribution in [-0.4, -0.2) is 25.2 Å². The summed E-state index contributed by atoms with van der Waals surface area (Å²) in [6, 6.07) is 0. The molecule has 0 aromatic carbocycles. The Labute approximate surface area is 179 Å². The van der Waals surface area contributed by atoms with Crippen molar-refractivity contribution < 1.29 is 19.1 Å². The Morgan fingerprint density at radius 2 is 1.38 bits per heavy atom. The van der Waals surface area contributed by atoms with Gasteiger partial charge in [-0.2, -0.15) is 0 Å². The summed E-state index contributed by atoms with van der Waals surface area (Å²) in [4.78, 5) is 26.2. The average Bonchev–Trinajstić information content (AvgIpc) is 2.56. The van der Waals surface area contributed by atoms with Crippen molar-refractivity contribution >= 4 is 11.9 Å². The topological polar surface area (TPSA) is 52.6 Å². The van der Waals surface area contributed by atoms with Crippen LogP contribution >= 0.6 is 0 Å². The van der Waals surface area contributed by atoms with Crippen LogP contribution in [0.4, 0.5) is 0 Å². The molecule has 29 heavy (non-hydrogen) atoms. The molecule has 1 fully saturated rings. The van der Waals surface area contributed by atoms with E-state index in [2.05, 4.69) is 34.6 Å². The first kappa shape index (κ1) is 26.0. The highest BCUT2D eigenvalue weighted by molar-refractivity contribution is 5.83. The molecule has 0 saturated heterocycles. The minimum atomic E-state index is -0.781. The monoisotopic (exact) mass is 410 g/mol. The molecule has 1 aliphatic carbocycles. The van der Waals surface area contributed by atoms with E-state index in [1.165, 1.54) is 19.3 Å². The van der Waals surface area contributed by atoms with E-state index in [0.717, 1.165) is 19.3 Å². The smallest absolute Gasteiger partial charge is 0.312 e. The zero-order valence-electron chi connectivity index (χ0n) is 20.4. The predicted octanol–water partition coefficient (Wildman–Crippen LogP) is 6.56. The van der Waals surface area contributed by atoms with Crippen LogP contribution in [0.15, 0.2) is 0 Å². The van der Waals surface area contributed by atoms with Gasteiger partial charge in [0.2, 0.25) is 0 Å². The van der Waals surface area contributed by atoms with Crippen LogP contribution in [0.25, 0.3) is 0 Å². The molecule has 0 spiro atoms. The maximum Gasteiger partial charge on any atom is 0.312 e. The second-order valence-corrected chi connectivity index (χ2v) is 12.1. The van der Waals surface area contributed by atoms with E-state index in [4.69, 9.17) is 9.47 Å². The maximum atomic E-state index is 13.4. The largest absolute Gasteiger partial charge is 0.465 e. The van der Waals surface area contributed by atoms with Crippen molar-refractivity contribution in [2.24, 2.45) is 28.1 Å². The number of ether oxygens (including phenoxy) is 2. The second kappa shape index (κ2) is 10.8. The molecule has 170 valence electrons. The van der Waals surface area contributed by atoms with Gasteiger partial charge in [0, 0.05) is 0 Å². The van der Waals surface area contributed by atoms with Crippen molar-refractivity contribution in [2.45, 2.75) is 107 Å². The van der Waals surface area contributed by atoms with Crippen molar-refractivity contribution in [3.05, 3.63) is 0 Å². The van der Waals surface area contributed by atoms with E-state index < -0.39 is 5.41 Å². The van der Waals surface area contributed by atoms with Gasteiger partial charge in [0.1, 0.15) is 0 Å². The predicted molar refractivity (Wildman–Crippen MR) is 119 cm³/mol. The van der Waals surface area contributed by atoms with Crippen LogP contribution in [0.1, 0.15) is 107 Å². The van der Waals surface area contributed by atoms with Crippen molar-refractivity contribution in [3.63, 3.8) is 0 Å². The minimum absolute atomic E-state index is 0.0908. The van der Waals surface area contributed by atoms with Crippen LogP contribution in [0.2, 0.25) is 0 Å². The molecule has 0 radical (unpaired) electrons. The van der Waals surface area contributed by atoms with Gasteiger partial charge in [-0.1, -0.05) is 87.5 Å². The number of rotatable bonds is 9. The normalized spacial score (nSPS) is 18.4. The lowest BCUT2D eigenvalue weighted by Crippen LogP contribution is -2.40. The Balaban J connectivity index is 3.06. The van der Waals surface area contributed by atoms with Crippen molar-refractivity contribution in [3.8, 4) is 0 Å². The number of esters is 2. The summed E-state index contributed by atoms with van der Waals surface area (Å²) in [6.45, 7) is 17.3. The molecule has 0 aliphatic heterocycles. The Morgan fingerprint density at radius 1 is 0.862 bits per heavy atom. The molecule has 0 heterocycles. The third-order valence-electron chi connectivity index (χ3n) is 5.42. The summed E-state index contributed by atoms with van der Waals surface area (Å²) < 4.78 is 11.4. The molecule has 4 nitrogen and oxygen atoms in total. The highest BCUT2D eigenvalue weighted by Gasteiger charge is 2.45. The molecule has 1 rings (SSSR count). The zero-order chi connectivity index (χ0) is 22.3. The Hall–Kier alpha value is -1.06. The quantitative estimate of drug-likeness (QED) is 0.404. The number of hydrogen-bond acceptors (Lipinski definition) is 4. The molecule has 0 N–H and O–H groups in total. The molecule has 1 saturated carbocycles. The molecular formula is C25H46O4. The first-order chi connectivity index (χ1) is 13.2. The van der Waals surface area contributed by atoms with Gasteiger partial charge in [0.15, 0.2) is 0 Å². The average molecular weight is 411 g/mol.